The van der Waals surface area contributed by atoms with Gasteiger partial charge in [-0.3, -0.25) is 0 Å². The Morgan fingerprint density at radius 3 is 2.27 bits per heavy atom. The second-order valence-electron chi connectivity index (χ2n) is 4.07. The van der Waals surface area contributed by atoms with Gasteiger partial charge in [0.1, 0.15) is 0 Å². The molecule has 0 saturated carbocycles. The molecule has 1 rings (SSSR count). The maximum absolute atomic E-state index is 9.10. The minimum absolute atomic E-state index is 0.357. The highest BCUT2D eigenvalue weighted by Gasteiger charge is 2.32. The van der Waals surface area contributed by atoms with Crippen LogP contribution >= 0.6 is 0 Å². The van der Waals surface area contributed by atoms with E-state index in [9.17, 15) is 0 Å². The normalized spacial score (nSPS) is 23.7. The smallest absolute Gasteiger partial charge is 0.0465 e. The summed E-state index contributed by atoms with van der Waals surface area (Å²) in [6.07, 6.45) is 0. The number of nitrogens with zero attached hydrogens (tertiary/aromatic N) is 1. The van der Waals surface area contributed by atoms with Gasteiger partial charge in [0.15, 0.2) is 0 Å². The first-order valence-corrected chi connectivity index (χ1v) is 4.44. The van der Waals surface area contributed by atoms with Gasteiger partial charge in [0, 0.05) is 19.7 Å². The third-order valence-corrected chi connectivity index (χ3v) is 2.76. The maximum atomic E-state index is 9.10. The third kappa shape index (κ3) is 1.94. The van der Waals surface area contributed by atoms with Gasteiger partial charge in [-0.25, -0.2) is 0 Å². The lowest BCUT2D eigenvalue weighted by Gasteiger charge is -2.42. The second-order valence-corrected chi connectivity index (χ2v) is 4.07. The Balaban J connectivity index is 2.32. The molecule has 0 aromatic rings. The molecule has 2 nitrogen and oxygen atoms in total. The van der Waals surface area contributed by atoms with Crippen molar-refractivity contribution in [2.75, 3.05) is 26.7 Å². The van der Waals surface area contributed by atoms with E-state index in [4.69, 9.17) is 5.11 Å². The predicted molar refractivity (Wildman–Crippen MR) is 46.4 cm³/mol. The molecule has 1 aliphatic heterocycles. The molecular formula is C9H19NO. The van der Waals surface area contributed by atoms with Crippen molar-refractivity contribution in [1.82, 2.24) is 4.90 Å². The zero-order chi connectivity index (χ0) is 8.43. The lowest BCUT2D eigenvalue weighted by Crippen LogP contribution is -2.49. The van der Waals surface area contributed by atoms with E-state index >= 15 is 0 Å². The van der Waals surface area contributed by atoms with Gasteiger partial charge < -0.3 is 10.0 Å². The Morgan fingerprint density at radius 2 is 2.00 bits per heavy atom. The van der Waals surface area contributed by atoms with Crippen LogP contribution in [0, 0.1) is 17.8 Å². The molecule has 0 aliphatic carbocycles. The molecular weight excluding hydrogens is 138 g/mol. The summed E-state index contributed by atoms with van der Waals surface area (Å²) in [4.78, 5) is 2.30. The lowest BCUT2D eigenvalue weighted by molar-refractivity contribution is 0.0296. The summed E-state index contributed by atoms with van der Waals surface area (Å²) in [5, 5.41) is 9.10. The van der Waals surface area contributed by atoms with E-state index in [1.807, 2.05) is 0 Å². The SMILES string of the molecule is CC(C)C(CO)C1CN(C)C1. The van der Waals surface area contributed by atoms with Crippen LogP contribution in [0.5, 0.6) is 0 Å². The van der Waals surface area contributed by atoms with Crippen molar-refractivity contribution in [2.45, 2.75) is 13.8 Å². The first kappa shape index (κ1) is 9.01. The van der Waals surface area contributed by atoms with Crippen LogP contribution in [0.1, 0.15) is 13.8 Å². The largest absolute Gasteiger partial charge is 0.396 e. The Labute approximate surface area is 69.2 Å². The molecule has 1 atom stereocenters. The van der Waals surface area contributed by atoms with Crippen LogP contribution in [0.15, 0.2) is 0 Å². The zero-order valence-corrected chi connectivity index (χ0v) is 7.75. The second kappa shape index (κ2) is 3.55. The zero-order valence-electron chi connectivity index (χ0n) is 7.75. The van der Waals surface area contributed by atoms with E-state index < -0.39 is 0 Å². The van der Waals surface area contributed by atoms with Crippen LogP contribution in [0.3, 0.4) is 0 Å². The highest BCUT2D eigenvalue weighted by Crippen LogP contribution is 2.27. The fourth-order valence-corrected chi connectivity index (χ4v) is 1.92. The highest BCUT2D eigenvalue weighted by molar-refractivity contribution is 4.84. The first-order valence-electron chi connectivity index (χ1n) is 4.44. The first-order chi connectivity index (χ1) is 5.15. The number of aliphatic hydroxyl groups excluding tert-OH is 1. The summed E-state index contributed by atoms with van der Waals surface area (Å²) in [7, 11) is 2.13. The van der Waals surface area contributed by atoms with Crippen LogP contribution in [-0.4, -0.2) is 36.8 Å². The molecule has 1 N–H and O–H groups in total. The van der Waals surface area contributed by atoms with Gasteiger partial charge in [0.2, 0.25) is 0 Å². The Morgan fingerprint density at radius 1 is 1.45 bits per heavy atom. The average molecular weight is 157 g/mol. The van der Waals surface area contributed by atoms with Crippen molar-refractivity contribution in [3.05, 3.63) is 0 Å². The van der Waals surface area contributed by atoms with Gasteiger partial charge in [-0.1, -0.05) is 13.8 Å². The van der Waals surface area contributed by atoms with Crippen LogP contribution in [0.25, 0.3) is 0 Å². The Kier molecular flexibility index (Phi) is 2.90. The van der Waals surface area contributed by atoms with E-state index in [0.29, 0.717) is 18.4 Å². The molecule has 0 aromatic carbocycles. The summed E-state index contributed by atoms with van der Waals surface area (Å²) in [5.41, 5.74) is 0. The molecule has 0 spiro atoms. The fraction of sp³-hybridized carbons (Fsp3) is 1.00. The summed E-state index contributed by atoms with van der Waals surface area (Å²) < 4.78 is 0. The Bertz CT molecular complexity index is 119. The average Bonchev–Trinajstić information content (AvgIpc) is 1.85. The molecule has 1 unspecified atom stereocenters. The summed E-state index contributed by atoms with van der Waals surface area (Å²) >= 11 is 0. The van der Waals surface area contributed by atoms with Crippen LogP contribution < -0.4 is 0 Å². The van der Waals surface area contributed by atoms with Crippen molar-refractivity contribution in [3.63, 3.8) is 0 Å². The van der Waals surface area contributed by atoms with Crippen molar-refractivity contribution in [3.8, 4) is 0 Å². The fourth-order valence-electron chi connectivity index (χ4n) is 1.92. The molecule has 1 aliphatic rings. The topological polar surface area (TPSA) is 23.5 Å². The number of likely N-dealkylation sites (tertiary alicyclic amines) is 1. The minimum Gasteiger partial charge on any atom is -0.396 e. The van der Waals surface area contributed by atoms with E-state index in [0.717, 1.165) is 5.92 Å². The van der Waals surface area contributed by atoms with Gasteiger partial charge in [-0.15, -0.1) is 0 Å². The molecule has 0 radical (unpaired) electrons. The molecule has 1 saturated heterocycles. The van der Waals surface area contributed by atoms with Crippen LogP contribution in [0.2, 0.25) is 0 Å². The highest BCUT2D eigenvalue weighted by atomic mass is 16.3. The molecule has 0 amide bonds. The van der Waals surface area contributed by atoms with Crippen molar-refractivity contribution in [1.29, 1.82) is 0 Å². The molecule has 66 valence electrons. The van der Waals surface area contributed by atoms with E-state index in [1.165, 1.54) is 13.1 Å². The predicted octanol–water partition coefficient (Wildman–Crippen LogP) is 0.812. The molecule has 2 heteroatoms. The van der Waals surface area contributed by atoms with Crippen LogP contribution in [0.4, 0.5) is 0 Å². The minimum atomic E-state index is 0.357. The molecule has 0 bridgehead atoms. The monoisotopic (exact) mass is 157 g/mol. The molecule has 11 heavy (non-hydrogen) atoms. The van der Waals surface area contributed by atoms with Gasteiger partial charge in [0.05, 0.1) is 0 Å². The van der Waals surface area contributed by atoms with Gasteiger partial charge >= 0.3 is 0 Å². The van der Waals surface area contributed by atoms with Crippen LogP contribution in [-0.2, 0) is 0 Å². The maximum Gasteiger partial charge on any atom is 0.0465 e. The van der Waals surface area contributed by atoms with Crippen molar-refractivity contribution in [2.24, 2.45) is 17.8 Å². The Hall–Kier alpha value is -0.0800. The van der Waals surface area contributed by atoms with E-state index in [1.54, 1.807) is 0 Å². The number of rotatable bonds is 3. The number of aliphatic hydroxyl groups is 1. The molecule has 1 heterocycles. The van der Waals surface area contributed by atoms with Crippen molar-refractivity contribution >= 4 is 0 Å². The van der Waals surface area contributed by atoms with Gasteiger partial charge in [-0.05, 0) is 24.8 Å². The standard InChI is InChI=1S/C9H19NO/c1-7(2)9(6-11)8-4-10(3)5-8/h7-9,11H,4-6H2,1-3H3. The quantitative estimate of drug-likeness (QED) is 0.655. The summed E-state index contributed by atoms with van der Waals surface area (Å²) in [6, 6.07) is 0. The summed E-state index contributed by atoms with van der Waals surface area (Å²) in [6.45, 7) is 7.08. The summed E-state index contributed by atoms with van der Waals surface area (Å²) in [5.74, 6) is 1.88. The van der Waals surface area contributed by atoms with Gasteiger partial charge in [-0.2, -0.15) is 0 Å². The lowest BCUT2D eigenvalue weighted by atomic mass is 9.80. The molecule has 0 aromatic heterocycles. The molecule has 1 fully saturated rings. The number of hydrogen-bond acceptors (Lipinski definition) is 2. The van der Waals surface area contributed by atoms with E-state index in [2.05, 4.69) is 25.8 Å². The van der Waals surface area contributed by atoms with Gasteiger partial charge in [0.25, 0.3) is 0 Å². The van der Waals surface area contributed by atoms with E-state index in [-0.39, 0.29) is 0 Å². The number of hydrogen-bond donors (Lipinski definition) is 1. The third-order valence-electron chi connectivity index (χ3n) is 2.76. The van der Waals surface area contributed by atoms with Crippen molar-refractivity contribution < 1.29 is 5.11 Å².